The number of hydrogen-bond acceptors (Lipinski definition) is 4. The maximum absolute atomic E-state index is 9.01. The quantitative estimate of drug-likeness (QED) is 0.172. The van der Waals surface area contributed by atoms with E-state index in [9.17, 15) is 0 Å². The SMILES string of the molecule is CCCCCCCCCCOCC(O)CO.CCCCCCCCCCOc1ccccc1. The Hall–Kier alpha value is -1.10. The number of para-hydroxylation sites is 1. The van der Waals surface area contributed by atoms with Crippen LogP contribution < -0.4 is 4.74 Å². The monoisotopic (exact) mass is 466 g/mol. The molecule has 1 unspecified atom stereocenters. The molecule has 0 aromatic heterocycles. The van der Waals surface area contributed by atoms with Gasteiger partial charge < -0.3 is 19.7 Å². The second-order valence-corrected chi connectivity index (χ2v) is 9.02. The van der Waals surface area contributed by atoms with Gasteiger partial charge in [-0.2, -0.15) is 0 Å². The Kier molecular flexibility index (Phi) is 26.2. The lowest BCUT2D eigenvalue weighted by Crippen LogP contribution is -2.19. The molecule has 0 bridgehead atoms. The number of aliphatic hydroxyl groups is 2. The Morgan fingerprint density at radius 2 is 1.09 bits per heavy atom. The van der Waals surface area contributed by atoms with E-state index in [0.717, 1.165) is 18.8 Å². The first kappa shape index (κ1) is 31.9. The number of hydrogen-bond donors (Lipinski definition) is 2. The summed E-state index contributed by atoms with van der Waals surface area (Å²) in [7, 11) is 0. The second-order valence-electron chi connectivity index (χ2n) is 9.02. The number of aliphatic hydroxyl groups excluding tert-OH is 2. The maximum Gasteiger partial charge on any atom is 0.119 e. The minimum atomic E-state index is -0.714. The van der Waals surface area contributed by atoms with E-state index < -0.39 is 6.10 Å². The molecule has 1 rings (SSSR count). The number of unbranched alkanes of at least 4 members (excludes halogenated alkanes) is 14. The largest absolute Gasteiger partial charge is 0.494 e. The minimum Gasteiger partial charge on any atom is -0.494 e. The van der Waals surface area contributed by atoms with E-state index in [2.05, 4.69) is 13.8 Å². The third-order valence-electron chi connectivity index (χ3n) is 5.67. The molecule has 194 valence electrons. The fourth-order valence-electron chi connectivity index (χ4n) is 3.55. The van der Waals surface area contributed by atoms with E-state index in [1.54, 1.807) is 0 Å². The lowest BCUT2D eigenvalue weighted by atomic mass is 10.1. The summed E-state index contributed by atoms with van der Waals surface area (Å²) in [6.07, 6.45) is 20.4. The van der Waals surface area contributed by atoms with Gasteiger partial charge >= 0.3 is 0 Å². The molecule has 33 heavy (non-hydrogen) atoms. The summed E-state index contributed by atoms with van der Waals surface area (Å²) >= 11 is 0. The van der Waals surface area contributed by atoms with Crippen LogP contribution in [0.15, 0.2) is 30.3 Å². The van der Waals surface area contributed by atoms with Gasteiger partial charge in [0.15, 0.2) is 0 Å². The highest BCUT2D eigenvalue weighted by atomic mass is 16.5. The van der Waals surface area contributed by atoms with E-state index in [4.69, 9.17) is 19.7 Å². The van der Waals surface area contributed by atoms with Crippen molar-refractivity contribution in [3.63, 3.8) is 0 Å². The van der Waals surface area contributed by atoms with Gasteiger partial charge in [0.1, 0.15) is 11.9 Å². The summed E-state index contributed by atoms with van der Waals surface area (Å²) in [5.74, 6) is 0.996. The lowest BCUT2D eigenvalue weighted by molar-refractivity contribution is 0.00526. The summed E-state index contributed by atoms with van der Waals surface area (Å²) in [6, 6.07) is 10.1. The third kappa shape index (κ3) is 25.4. The maximum atomic E-state index is 9.01. The molecule has 4 nitrogen and oxygen atoms in total. The smallest absolute Gasteiger partial charge is 0.119 e. The van der Waals surface area contributed by atoms with Crippen molar-refractivity contribution in [3.8, 4) is 5.75 Å². The summed E-state index contributed by atoms with van der Waals surface area (Å²) < 4.78 is 10.9. The van der Waals surface area contributed by atoms with Crippen LogP contribution in [0.2, 0.25) is 0 Å². The lowest BCUT2D eigenvalue weighted by Gasteiger charge is -2.07. The highest BCUT2D eigenvalue weighted by Crippen LogP contribution is 2.11. The van der Waals surface area contributed by atoms with Crippen LogP contribution in [0.3, 0.4) is 0 Å². The second kappa shape index (κ2) is 27.1. The zero-order chi connectivity index (χ0) is 24.2. The van der Waals surface area contributed by atoms with Crippen molar-refractivity contribution in [2.75, 3.05) is 26.4 Å². The Morgan fingerprint density at radius 1 is 0.636 bits per heavy atom. The molecule has 0 saturated carbocycles. The molecule has 0 spiro atoms. The Labute approximate surface area is 205 Å². The first-order chi connectivity index (χ1) is 16.2. The molecule has 0 aliphatic rings. The fraction of sp³-hybridized carbons (Fsp3) is 0.793. The van der Waals surface area contributed by atoms with Gasteiger partial charge in [-0.3, -0.25) is 0 Å². The van der Waals surface area contributed by atoms with Crippen molar-refractivity contribution in [2.24, 2.45) is 0 Å². The van der Waals surface area contributed by atoms with E-state index in [-0.39, 0.29) is 13.2 Å². The van der Waals surface area contributed by atoms with E-state index in [1.165, 1.54) is 96.3 Å². The van der Waals surface area contributed by atoms with Gasteiger partial charge in [0, 0.05) is 6.61 Å². The van der Waals surface area contributed by atoms with Gasteiger partial charge in [-0.05, 0) is 25.0 Å². The van der Waals surface area contributed by atoms with Gasteiger partial charge in [-0.25, -0.2) is 0 Å². The molecule has 0 saturated heterocycles. The third-order valence-corrected chi connectivity index (χ3v) is 5.67. The Morgan fingerprint density at radius 3 is 1.58 bits per heavy atom. The van der Waals surface area contributed by atoms with Crippen LogP contribution in [0.5, 0.6) is 5.75 Å². The highest BCUT2D eigenvalue weighted by Gasteiger charge is 2.00. The molecule has 0 fully saturated rings. The molecule has 0 amide bonds. The van der Waals surface area contributed by atoms with Gasteiger partial charge in [0.05, 0.1) is 19.8 Å². The van der Waals surface area contributed by atoms with E-state index in [1.807, 2.05) is 30.3 Å². The van der Waals surface area contributed by atoms with Crippen LogP contribution in [0.1, 0.15) is 117 Å². The Balaban J connectivity index is 0.000000622. The van der Waals surface area contributed by atoms with Crippen LogP contribution in [-0.2, 0) is 4.74 Å². The average Bonchev–Trinajstić information content (AvgIpc) is 2.85. The first-order valence-corrected chi connectivity index (χ1v) is 13.8. The highest BCUT2D eigenvalue weighted by molar-refractivity contribution is 5.20. The van der Waals surface area contributed by atoms with Crippen LogP contribution in [0.4, 0.5) is 0 Å². The average molecular weight is 467 g/mol. The molecule has 1 atom stereocenters. The molecule has 0 aliphatic heterocycles. The molecule has 1 aromatic rings. The summed E-state index contributed by atoms with van der Waals surface area (Å²) in [4.78, 5) is 0. The van der Waals surface area contributed by atoms with Crippen LogP contribution >= 0.6 is 0 Å². The molecule has 0 aliphatic carbocycles. The molecule has 0 radical (unpaired) electrons. The molecular formula is C29H54O4. The van der Waals surface area contributed by atoms with Crippen LogP contribution in [-0.4, -0.2) is 42.7 Å². The molecule has 0 heterocycles. The predicted octanol–water partition coefficient (Wildman–Crippen LogP) is 7.70. The fourth-order valence-corrected chi connectivity index (χ4v) is 3.55. The van der Waals surface area contributed by atoms with Gasteiger partial charge in [0.25, 0.3) is 0 Å². The normalized spacial score (nSPS) is 11.6. The van der Waals surface area contributed by atoms with Crippen LogP contribution in [0, 0.1) is 0 Å². The zero-order valence-electron chi connectivity index (χ0n) is 21.8. The van der Waals surface area contributed by atoms with E-state index >= 15 is 0 Å². The molecule has 4 heteroatoms. The van der Waals surface area contributed by atoms with Gasteiger partial charge in [-0.15, -0.1) is 0 Å². The van der Waals surface area contributed by atoms with Crippen molar-refractivity contribution in [2.45, 2.75) is 123 Å². The van der Waals surface area contributed by atoms with Crippen molar-refractivity contribution < 1.29 is 19.7 Å². The number of rotatable bonds is 22. The number of benzene rings is 1. The summed E-state index contributed by atoms with van der Waals surface area (Å²) in [6.45, 7) is 6.11. The minimum absolute atomic E-state index is 0.211. The summed E-state index contributed by atoms with van der Waals surface area (Å²) in [5.41, 5.74) is 0. The molecule has 2 N–H and O–H groups in total. The predicted molar refractivity (Wildman–Crippen MR) is 141 cm³/mol. The topological polar surface area (TPSA) is 58.9 Å². The van der Waals surface area contributed by atoms with Crippen LogP contribution in [0.25, 0.3) is 0 Å². The number of ether oxygens (including phenoxy) is 2. The standard InChI is InChI=1S/C16H26O.C13H28O3/c1-2-3-4-5-6-7-8-12-15-17-16-13-10-9-11-14-16;1-2-3-4-5-6-7-8-9-10-16-12-13(15)11-14/h9-11,13-14H,2-8,12,15H2,1H3;13-15H,2-12H2,1H3. The Bertz CT molecular complexity index is 466. The molecule has 1 aromatic carbocycles. The summed E-state index contributed by atoms with van der Waals surface area (Å²) in [5, 5.41) is 17.6. The van der Waals surface area contributed by atoms with Crippen molar-refractivity contribution in [1.82, 2.24) is 0 Å². The first-order valence-electron chi connectivity index (χ1n) is 13.8. The zero-order valence-corrected chi connectivity index (χ0v) is 21.8. The van der Waals surface area contributed by atoms with Crippen molar-refractivity contribution in [3.05, 3.63) is 30.3 Å². The van der Waals surface area contributed by atoms with Crippen molar-refractivity contribution in [1.29, 1.82) is 0 Å². The molecular weight excluding hydrogens is 412 g/mol. The van der Waals surface area contributed by atoms with Gasteiger partial charge in [0.2, 0.25) is 0 Å². The van der Waals surface area contributed by atoms with Gasteiger partial charge in [-0.1, -0.05) is 122 Å². The van der Waals surface area contributed by atoms with E-state index in [0.29, 0.717) is 6.61 Å². The van der Waals surface area contributed by atoms with Crippen molar-refractivity contribution >= 4 is 0 Å².